The lowest BCUT2D eigenvalue weighted by Gasteiger charge is -2.10. The van der Waals surface area contributed by atoms with Gasteiger partial charge in [0.1, 0.15) is 0 Å². The smallest absolute Gasteiger partial charge is 0.0547 e. The van der Waals surface area contributed by atoms with Crippen molar-refractivity contribution in [1.29, 1.82) is 0 Å². The van der Waals surface area contributed by atoms with Crippen LogP contribution in [0.25, 0.3) is 88.4 Å². The predicted octanol–water partition coefficient (Wildman–Crippen LogP) is 12.9. The molecular weight excluding hydrogens is 605 g/mol. The topological polar surface area (TPSA) is 9.86 Å². The number of aromatic nitrogens is 2. The van der Waals surface area contributed by atoms with E-state index in [1.165, 1.54) is 82.7 Å². The first-order chi connectivity index (χ1) is 24.8. The Kier molecular flexibility index (Phi) is 6.53. The fourth-order valence-corrected chi connectivity index (χ4v) is 7.73. The van der Waals surface area contributed by atoms with Crippen LogP contribution >= 0.6 is 0 Å². The van der Waals surface area contributed by atoms with Crippen molar-refractivity contribution in [3.05, 3.63) is 194 Å². The monoisotopic (exact) mass is 636 g/mol. The third-order valence-electron chi connectivity index (χ3n) is 10.1. The van der Waals surface area contributed by atoms with Gasteiger partial charge in [-0.3, -0.25) is 0 Å². The molecular formula is C48H32N2. The third-order valence-corrected chi connectivity index (χ3v) is 10.1. The van der Waals surface area contributed by atoms with Gasteiger partial charge in [-0.2, -0.15) is 0 Å². The maximum atomic E-state index is 2.41. The molecule has 50 heavy (non-hydrogen) atoms. The number of hydrogen-bond acceptors (Lipinski definition) is 0. The molecule has 8 aromatic carbocycles. The zero-order chi connectivity index (χ0) is 33.0. The maximum Gasteiger partial charge on any atom is 0.0547 e. The maximum absolute atomic E-state index is 2.41. The van der Waals surface area contributed by atoms with Crippen molar-refractivity contribution in [3.63, 3.8) is 0 Å². The molecule has 2 heterocycles. The highest BCUT2D eigenvalue weighted by atomic mass is 15.0. The van der Waals surface area contributed by atoms with E-state index in [2.05, 4.69) is 203 Å². The number of para-hydroxylation sites is 3. The Morgan fingerprint density at radius 1 is 0.220 bits per heavy atom. The van der Waals surface area contributed by atoms with E-state index < -0.39 is 0 Å². The Balaban J connectivity index is 1.14. The number of fused-ring (bicyclic) bond motifs is 6. The van der Waals surface area contributed by atoms with Gasteiger partial charge < -0.3 is 9.13 Å². The van der Waals surface area contributed by atoms with Crippen LogP contribution in [-0.4, -0.2) is 9.13 Å². The molecule has 0 radical (unpaired) electrons. The molecule has 0 N–H and O–H groups in total. The van der Waals surface area contributed by atoms with Crippen molar-refractivity contribution >= 4 is 43.6 Å². The van der Waals surface area contributed by atoms with E-state index in [0.717, 1.165) is 5.69 Å². The Morgan fingerprint density at radius 3 is 1.20 bits per heavy atom. The van der Waals surface area contributed by atoms with Gasteiger partial charge >= 0.3 is 0 Å². The van der Waals surface area contributed by atoms with Crippen LogP contribution in [0, 0.1) is 0 Å². The molecule has 234 valence electrons. The van der Waals surface area contributed by atoms with Crippen molar-refractivity contribution in [2.75, 3.05) is 0 Å². The minimum Gasteiger partial charge on any atom is -0.309 e. The van der Waals surface area contributed by atoms with Crippen LogP contribution in [0.4, 0.5) is 0 Å². The van der Waals surface area contributed by atoms with Gasteiger partial charge in [0.25, 0.3) is 0 Å². The van der Waals surface area contributed by atoms with Crippen molar-refractivity contribution in [3.8, 4) is 44.8 Å². The molecule has 10 aromatic rings. The first-order valence-electron chi connectivity index (χ1n) is 17.2. The summed E-state index contributed by atoms with van der Waals surface area (Å²) < 4.78 is 4.80. The van der Waals surface area contributed by atoms with Crippen LogP contribution in [0.15, 0.2) is 194 Å². The Bertz CT molecular complexity index is 2820. The summed E-state index contributed by atoms with van der Waals surface area (Å²) in [4.78, 5) is 0. The lowest BCUT2D eigenvalue weighted by Crippen LogP contribution is -1.94. The molecule has 10 rings (SSSR count). The van der Waals surface area contributed by atoms with Crippen LogP contribution in [0.5, 0.6) is 0 Å². The summed E-state index contributed by atoms with van der Waals surface area (Å²) in [5.74, 6) is 0. The van der Waals surface area contributed by atoms with Crippen LogP contribution in [0.1, 0.15) is 0 Å². The molecule has 0 saturated heterocycles. The Labute approximate surface area is 290 Å². The molecule has 2 nitrogen and oxygen atoms in total. The number of hydrogen-bond donors (Lipinski definition) is 0. The van der Waals surface area contributed by atoms with Gasteiger partial charge in [0.2, 0.25) is 0 Å². The zero-order valence-electron chi connectivity index (χ0n) is 27.4. The first kappa shape index (κ1) is 28.4. The lowest BCUT2D eigenvalue weighted by molar-refractivity contribution is 1.18. The summed E-state index contributed by atoms with van der Waals surface area (Å²) in [6.07, 6.45) is 0. The molecule has 0 saturated carbocycles. The summed E-state index contributed by atoms with van der Waals surface area (Å²) in [6, 6.07) is 70.4. The average molecular weight is 637 g/mol. The molecule has 2 heteroatoms. The van der Waals surface area contributed by atoms with E-state index in [0.29, 0.717) is 0 Å². The second-order valence-corrected chi connectivity index (χ2v) is 13.0. The summed E-state index contributed by atoms with van der Waals surface area (Å²) >= 11 is 0. The van der Waals surface area contributed by atoms with Gasteiger partial charge in [-0.05, 0) is 88.0 Å². The number of benzene rings is 8. The van der Waals surface area contributed by atoms with Crippen molar-refractivity contribution in [1.82, 2.24) is 9.13 Å². The molecule has 0 unspecified atom stereocenters. The molecule has 0 amide bonds. The number of nitrogens with zero attached hydrogens (tertiary/aromatic N) is 2. The van der Waals surface area contributed by atoms with E-state index in [9.17, 15) is 0 Å². The summed E-state index contributed by atoms with van der Waals surface area (Å²) in [7, 11) is 0. The standard InChI is InChI=1S/C48H32N2/c1-4-12-33(13-5-1)34-20-22-35(23-21-34)36-26-29-46-44(30-36)43-28-25-38(32-48(43)50(46)40-16-8-3-9-17-40)37-24-27-42-41-18-10-11-19-45(41)49(47(42)31-37)39-14-6-2-7-15-39/h1-32H. The van der Waals surface area contributed by atoms with E-state index in [4.69, 9.17) is 0 Å². The normalized spacial score (nSPS) is 11.6. The summed E-state index contributed by atoms with van der Waals surface area (Å²) in [6.45, 7) is 0. The second-order valence-electron chi connectivity index (χ2n) is 13.0. The minimum atomic E-state index is 1.16. The highest BCUT2D eigenvalue weighted by Gasteiger charge is 2.17. The molecule has 0 fully saturated rings. The molecule has 2 aromatic heterocycles. The highest BCUT2D eigenvalue weighted by molar-refractivity contribution is 6.13. The molecule has 0 aliphatic rings. The van der Waals surface area contributed by atoms with Gasteiger partial charge in [0.15, 0.2) is 0 Å². The van der Waals surface area contributed by atoms with Crippen LogP contribution in [0.3, 0.4) is 0 Å². The third kappa shape index (κ3) is 4.57. The van der Waals surface area contributed by atoms with Crippen molar-refractivity contribution in [2.24, 2.45) is 0 Å². The van der Waals surface area contributed by atoms with Crippen molar-refractivity contribution in [2.45, 2.75) is 0 Å². The molecule has 0 bridgehead atoms. The molecule has 0 spiro atoms. The van der Waals surface area contributed by atoms with E-state index in [1.54, 1.807) is 0 Å². The van der Waals surface area contributed by atoms with Gasteiger partial charge in [-0.25, -0.2) is 0 Å². The Morgan fingerprint density at radius 2 is 0.600 bits per heavy atom. The average Bonchev–Trinajstić information content (AvgIpc) is 3.70. The van der Waals surface area contributed by atoms with Crippen LogP contribution in [0.2, 0.25) is 0 Å². The van der Waals surface area contributed by atoms with Crippen molar-refractivity contribution < 1.29 is 0 Å². The van der Waals surface area contributed by atoms with Crippen LogP contribution < -0.4 is 0 Å². The quantitative estimate of drug-likeness (QED) is 0.178. The SMILES string of the molecule is c1ccc(-c2ccc(-c3ccc4c(c3)c3ccc(-c5ccc6c7ccccc7n(-c7ccccc7)c6c5)cc3n4-c3ccccc3)cc2)cc1. The molecule has 0 aliphatic heterocycles. The van der Waals surface area contributed by atoms with E-state index in [1.807, 2.05) is 0 Å². The molecule has 0 atom stereocenters. The van der Waals surface area contributed by atoms with Gasteiger partial charge in [-0.1, -0.05) is 140 Å². The first-order valence-corrected chi connectivity index (χ1v) is 17.2. The lowest BCUT2D eigenvalue weighted by atomic mass is 9.98. The fraction of sp³-hybridized carbons (Fsp3) is 0. The van der Waals surface area contributed by atoms with Crippen LogP contribution in [-0.2, 0) is 0 Å². The van der Waals surface area contributed by atoms with Gasteiger partial charge in [0.05, 0.1) is 22.1 Å². The van der Waals surface area contributed by atoms with E-state index in [-0.39, 0.29) is 0 Å². The number of rotatable bonds is 5. The van der Waals surface area contributed by atoms with E-state index >= 15 is 0 Å². The summed E-state index contributed by atoms with van der Waals surface area (Å²) in [5.41, 5.74) is 14.4. The predicted molar refractivity (Wildman–Crippen MR) is 211 cm³/mol. The highest BCUT2D eigenvalue weighted by Crippen LogP contribution is 2.39. The fourth-order valence-electron chi connectivity index (χ4n) is 7.73. The summed E-state index contributed by atoms with van der Waals surface area (Å²) in [5, 5.41) is 5.02. The van der Waals surface area contributed by atoms with Gasteiger partial charge in [0, 0.05) is 32.9 Å². The second kappa shape index (κ2) is 11.5. The minimum absolute atomic E-state index is 1.16. The largest absolute Gasteiger partial charge is 0.309 e. The zero-order valence-corrected chi connectivity index (χ0v) is 27.4. The molecule has 0 aliphatic carbocycles. The van der Waals surface area contributed by atoms with Gasteiger partial charge in [-0.15, -0.1) is 0 Å². The Hall–Kier alpha value is -6.64.